The minimum Gasteiger partial charge on any atom is -0.378 e. The summed E-state index contributed by atoms with van der Waals surface area (Å²) >= 11 is 0. The summed E-state index contributed by atoms with van der Waals surface area (Å²) in [7, 11) is 0. The van der Waals surface area contributed by atoms with Crippen LogP contribution in [-0.2, 0) is 4.74 Å². The van der Waals surface area contributed by atoms with Crippen molar-refractivity contribution < 1.29 is 13.9 Å². The van der Waals surface area contributed by atoms with E-state index < -0.39 is 5.82 Å². The molecule has 0 spiro atoms. The number of ether oxygens (including phenoxy) is 1. The number of hydrogen-bond acceptors (Lipinski definition) is 4. The monoisotopic (exact) mass is 295 g/mol. The van der Waals surface area contributed by atoms with Crippen LogP contribution in [0.25, 0.3) is 0 Å². The van der Waals surface area contributed by atoms with Crippen molar-refractivity contribution in [2.24, 2.45) is 11.3 Å². The summed E-state index contributed by atoms with van der Waals surface area (Å²) in [5.41, 5.74) is 2.31. The third kappa shape index (κ3) is 2.87. The lowest BCUT2D eigenvalue weighted by Crippen LogP contribution is -2.62. The molecule has 0 aromatic heterocycles. The fourth-order valence-corrected chi connectivity index (χ4v) is 2.71. The highest BCUT2D eigenvalue weighted by Gasteiger charge is 2.49. The summed E-state index contributed by atoms with van der Waals surface area (Å²) in [6.45, 7) is 6.71. The maximum atomic E-state index is 13.6. The average Bonchev–Trinajstić information content (AvgIpc) is 2.45. The molecule has 5 nitrogen and oxygen atoms in total. The Bertz CT molecular complexity index is 534. The second-order valence-electron chi connectivity index (χ2n) is 5.83. The number of hydrogen-bond donors (Lipinski definition) is 3. The van der Waals surface area contributed by atoms with Crippen LogP contribution < -0.4 is 16.6 Å². The molecule has 0 bridgehead atoms. The number of anilines is 1. The van der Waals surface area contributed by atoms with Crippen LogP contribution in [0.2, 0.25) is 0 Å². The Morgan fingerprint density at radius 1 is 1.52 bits per heavy atom. The van der Waals surface area contributed by atoms with Crippen molar-refractivity contribution >= 4 is 11.6 Å². The Kier molecular flexibility index (Phi) is 4.49. The smallest absolute Gasteiger partial charge is 0.253 e. The molecule has 1 fully saturated rings. The fourth-order valence-electron chi connectivity index (χ4n) is 2.71. The van der Waals surface area contributed by atoms with Gasteiger partial charge in [-0.05, 0) is 25.5 Å². The van der Waals surface area contributed by atoms with Crippen LogP contribution in [0.3, 0.4) is 0 Å². The second kappa shape index (κ2) is 5.99. The summed E-state index contributed by atoms with van der Waals surface area (Å²) < 4.78 is 19.2. The molecule has 0 heterocycles. The Morgan fingerprint density at radius 3 is 2.81 bits per heavy atom. The van der Waals surface area contributed by atoms with Gasteiger partial charge in [0.2, 0.25) is 0 Å². The summed E-state index contributed by atoms with van der Waals surface area (Å²) in [5, 5.41) is 2.93. The molecule has 1 amide bonds. The van der Waals surface area contributed by atoms with Gasteiger partial charge in [0.25, 0.3) is 5.91 Å². The molecular formula is C15H22FN3O2. The SMILES string of the molecule is CCOC1CC(NC(=O)c2cccc(F)c2NN)C1(C)C. The number of nitrogens with one attached hydrogen (secondary N) is 2. The minimum atomic E-state index is -0.551. The third-order valence-electron chi connectivity index (χ3n) is 4.25. The summed E-state index contributed by atoms with van der Waals surface area (Å²) in [5.74, 6) is 4.40. The maximum Gasteiger partial charge on any atom is 0.253 e. The molecule has 21 heavy (non-hydrogen) atoms. The van der Waals surface area contributed by atoms with Crippen molar-refractivity contribution in [3.8, 4) is 0 Å². The molecule has 6 heteroatoms. The molecule has 1 aliphatic carbocycles. The highest BCUT2D eigenvalue weighted by molar-refractivity contribution is 5.99. The van der Waals surface area contributed by atoms with Gasteiger partial charge in [-0.2, -0.15) is 0 Å². The van der Waals surface area contributed by atoms with Gasteiger partial charge in [-0.3, -0.25) is 10.6 Å². The Labute approximate surface area is 124 Å². The predicted octanol–water partition coefficient (Wildman–Crippen LogP) is 2.04. The van der Waals surface area contributed by atoms with Crippen molar-refractivity contribution in [2.75, 3.05) is 12.0 Å². The number of nitrogen functional groups attached to an aromatic ring is 1. The molecule has 0 aliphatic heterocycles. The lowest BCUT2D eigenvalue weighted by molar-refractivity contribution is -0.111. The number of rotatable bonds is 5. The molecule has 2 atom stereocenters. The molecule has 4 N–H and O–H groups in total. The third-order valence-corrected chi connectivity index (χ3v) is 4.25. The van der Waals surface area contributed by atoms with Gasteiger partial charge in [-0.25, -0.2) is 4.39 Å². The number of halogens is 1. The van der Waals surface area contributed by atoms with Crippen LogP contribution >= 0.6 is 0 Å². The van der Waals surface area contributed by atoms with Crippen LogP contribution in [0, 0.1) is 11.2 Å². The zero-order valence-electron chi connectivity index (χ0n) is 12.6. The number of para-hydroxylation sites is 1. The highest BCUT2D eigenvalue weighted by Crippen LogP contribution is 2.42. The van der Waals surface area contributed by atoms with E-state index in [9.17, 15) is 9.18 Å². The first kappa shape index (κ1) is 15.7. The van der Waals surface area contributed by atoms with Gasteiger partial charge in [-0.15, -0.1) is 0 Å². The number of hydrazine groups is 1. The lowest BCUT2D eigenvalue weighted by atomic mass is 9.64. The van der Waals surface area contributed by atoms with Crippen molar-refractivity contribution in [1.82, 2.24) is 5.32 Å². The minimum absolute atomic E-state index is 0.00422. The average molecular weight is 295 g/mol. The predicted molar refractivity (Wildman–Crippen MR) is 79.3 cm³/mol. The van der Waals surface area contributed by atoms with E-state index in [1.807, 2.05) is 6.92 Å². The maximum absolute atomic E-state index is 13.6. The van der Waals surface area contributed by atoms with Gasteiger partial charge in [-0.1, -0.05) is 19.9 Å². The van der Waals surface area contributed by atoms with Crippen LogP contribution in [0.15, 0.2) is 18.2 Å². The van der Waals surface area contributed by atoms with E-state index in [-0.39, 0.29) is 34.7 Å². The molecule has 1 aromatic rings. The van der Waals surface area contributed by atoms with E-state index in [2.05, 4.69) is 24.6 Å². The molecule has 1 aromatic carbocycles. The van der Waals surface area contributed by atoms with Crippen molar-refractivity contribution in [2.45, 2.75) is 39.3 Å². The molecular weight excluding hydrogens is 273 g/mol. The van der Waals surface area contributed by atoms with Gasteiger partial charge >= 0.3 is 0 Å². The Morgan fingerprint density at radius 2 is 2.24 bits per heavy atom. The van der Waals surface area contributed by atoms with Gasteiger partial charge in [0, 0.05) is 18.1 Å². The van der Waals surface area contributed by atoms with Crippen molar-refractivity contribution in [3.63, 3.8) is 0 Å². The largest absolute Gasteiger partial charge is 0.378 e. The van der Waals surface area contributed by atoms with Gasteiger partial charge in [0.1, 0.15) is 5.82 Å². The Balaban J connectivity index is 2.08. The normalized spacial score (nSPS) is 23.3. The van der Waals surface area contributed by atoms with Gasteiger partial charge in [0.15, 0.2) is 0 Å². The van der Waals surface area contributed by atoms with Crippen LogP contribution in [0.4, 0.5) is 10.1 Å². The Hall–Kier alpha value is -1.66. The van der Waals surface area contributed by atoms with Crippen LogP contribution in [0.5, 0.6) is 0 Å². The first-order valence-electron chi connectivity index (χ1n) is 7.09. The number of carbonyl (C=O) groups excluding carboxylic acids is 1. The van der Waals surface area contributed by atoms with Crippen molar-refractivity contribution in [3.05, 3.63) is 29.6 Å². The first-order valence-corrected chi connectivity index (χ1v) is 7.09. The number of nitrogens with two attached hydrogens (primary N) is 1. The van der Waals surface area contributed by atoms with E-state index in [1.165, 1.54) is 12.1 Å². The number of benzene rings is 1. The zero-order valence-corrected chi connectivity index (χ0v) is 12.6. The van der Waals surface area contributed by atoms with Crippen molar-refractivity contribution in [1.29, 1.82) is 0 Å². The van der Waals surface area contributed by atoms with E-state index in [1.54, 1.807) is 6.07 Å². The van der Waals surface area contributed by atoms with Crippen LogP contribution in [0.1, 0.15) is 37.6 Å². The van der Waals surface area contributed by atoms with E-state index in [4.69, 9.17) is 10.6 Å². The van der Waals surface area contributed by atoms with E-state index in [0.29, 0.717) is 6.61 Å². The number of amides is 1. The molecule has 2 unspecified atom stereocenters. The standard InChI is InChI=1S/C15H22FN3O2/c1-4-21-12-8-11(15(12,2)3)18-14(20)9-6-5-7-10(16)13(9)19-17/h5-7,11-12,19H,4,8,17H2,1-3H3,(H,18,20). The zero-order chi connectivity index (χ0) is 15.6. The fraction of sp³-hybridized carbons (Fsp3) is 0.533. The lowest BCUT2D eigenvalue weighted by Gasteiger charge is -2.51. The van der Waals surface area contributed by atoms with Gasteiger partial charge in [0.05, 0.1) is 17.4 Å². The van der Waals surface area contributed by atoms with E-state index in [0.717, 1.165) is 6.42 Å². The van der Waals surface area contributed by atoms with Gasteiger partial charge < -0.3 is 15.5 Å². The number of carbonyl (C=O) groups is 1. The van der Waals surface area contributed by atoms with Crippen LogP contribution in [-0.4, -0.2) is 24.7 Å². The summed E-state index contributed by atoms with van der Waals surface area (Å²) in [4.78, 5) is 12.3. The second-order valence-corrected chi connectivity index (χ2v) is 5.83. The molecule has 0 radical (unpaired) electrons. The first-order chi connectivity index (χ1) is 9.91. The molecule has 1 aliphatic rings. The molecule has 2 rings (SSSR count). The summed E-state index contributed by atoms with van der Waals surface area (Å²) in [6.07, 6.45) is 0.889. The molecule has 1 saturated carbocycles. The topological polar surface area (TPSA) is 76.4 Å². The quantitative estimate of drug-likeness (QED) is 0.574. The summed E-state index contributed by atoms with van der Waals surface area (Å²) in [6, 6.07) is 4.28. The molecule has 116 valence electrons. The highest BCUT2D eigenvalue weighted by atomic mass is 19.1. The van der Waals surface area contributed by atoms with E-state index >= 15 is 0 Å². The molecule has 0 saturated heterocycles.